The molecule has 0 bridgehead atoms. The fraction of sp³-hybridized carbons (Fsp3) is 0.406. The smallest absolute Gasteiger partial charge is 0.255 e. The number of nitrogens with two attached hydrogens (primary N) is 2. The number of benzene rings is 2. The molecule has 10 nitrogen and oxygen atoms in total. The first-order chi connectivity index (χ1) is 19.9. The number of piperazine rings is 1. The van der Waals surface area contributed by atoms with Crippen molar-refractivity contribution in [2.24, 2.45) is 18.6 Å². The minimum atomic E-state index is -0.656. The highest BCUT2D eigenvalue weighted by atomic mass is 16.1. The van der Waals surface area contributed by atoms with Crippen molar-refractivity contribution in [3.8, 4) is 6.07 Å². The normalized spacial score (nSPS) is 14.5. The van der Waals surface area contributed by atoms with Crippen LogP contribution in [0.25, 0.3) is 5.70 Å². The second kappa shape index (κ2) is 14.1. The van der Waals surface area contributed by atoms with Crippen LogP contribution in [0.5, 0.6) is 0 Å². The van der Waals surface area contributed by atoms with Gasteiger partial charge in [0, 0.05) is 61.9 Å². The SMILES string of the molecule is CCN1CCN(C)CC1.Cc1ccc(C(=O)Nc2cccc(C(C)(C)C#N)c2)cc1N(N)/C=C(\N)c1cnn(C)c1C. The molecule has 1 aliphatic rings. The van der Waals surface area contributed by atoms with Gasteiger partial charge in [-0.1, -0.05) is 25.1 Å². The first-order valence-electron chi connectivity index (χ1n) is 14.2. The number of aryl methyl sites for hydroxylation is 2. The van der Waals surface area contributed by atoms with Gasteiger partial charge in [-0.3, -0.25) is 14.5 Å². The minimum absolute atomic E-state index is 0.281. The van der Waals surface area contributed by atoms with Crippen LogP contribution in [0.3, 0.4) is 0 Å². The fourth-order valence-corrected chi connectivity index (χ4v) is 4.52. The van der Waals surface area contributed by atoms with Gasteiger partial charge in [-0.05, 0) is 76.7 Å². The average Bonchev–Trinajstić information content (AvgIpc) is 3.31. The zero-order valence-electron chi connectivity index (χ0n) is 26.0. The first kappa shape index (κ1) is 32.3. The third-order valence-corrected chi connectivity index (χ3v) is 7.74. The number of hydrogen-bond acceptors (Lipinski definition) is 8. The van der Waals surface area contributed by atoms with Crippen LogP contribution >= 0.6 is 0 Å². The summed E-state index contributed by atoms with van der Waals surface area (Å²) in [5, 5.41) is 17.9. The van der Waals surface area contributed by atoms with Crippen molar-refractivity contribution in [1.82, 2.24) is 19.6 Å². The molecule has 1 fully saturated rings. The molecule has 10 heteroatoms. The van der Waals surface area contributed by atoms with E-state index in [1.54, 1.807) is 35.3 Å². The number of rotatable bonds is 7. The highest BCUT2D eigenvalue weighted by Crippen LogP contribution is 2.26. The summed E-state index contributed by atoms with van der Waals surface area (Å²) >= 11 is 0. The van der Waals surface area contributed by atoms with E-state index in [1.165, 1.54) is 37.7 Å². The third-order valence-electron chi connectivity index (χ3n) is 7.74. The molecule has 4 rings (SSSR count). The summed E-state index contributed by atoms with van der Waals surface area (Å²) in [5.74, 6) is 6.00. The fourth-order valence-electron chi connectivity index (χ4n) is 4.52. The largest absolute Gasteiger partial charge is 0.397 e. The van der Waals surface area contributed by atoms with E-state index in [0.717, 1.165) is 22.4 Å². The summed E-state index contributed by atoms with van der Waals surface area (Å²) in [6.45, 7) is 15.9. The molecule has 0 radical (unpaired) electrons. The number of hydrazine groups is 1. The molecular formula is C32H45N9O. The monoisotopic (exact) mass is 571 g/mol. The maximum Gasteiger partial charge on any atom is 0.255 e. The van der Waals surface area contributed by atoms with E-state index < -0.39 is 5.41 Å². The van der Waals surface area contributed by atoms with Crippen LogP contribution in [0.1, 0.15) is 53.5 Å². The van der Waals surface area contributed by atoms with Gasteiger partial charge in [0.2, 0.25) is 0 Å². The second-order valence-electron chi connectivity index (χ2n) is 11.3. The number of nitrogens with one attached hydrogen (secondary N) is 1. The number of nitrogens with zero attached hydrogens (tertiary/aromatic N) is 6. The zero-order chi connectivity index (χ0) is 31.0. The second-order valence-corrected chi connectivity index (χ2v) is 11.3. The molecule has 0 aliphatic carbocycles. The van der Waals surface area contributed by atoms with Crippen molar-refractivity contribution >= 4 is 23.0 Å². The number of carbonyl (C=O) groups is 1. The summed E-state index contributed by atoms with van der Waals surface area (Å²) in [6.07, 6.45) is 3.30. The highest BCUT2D eigenvalue weighted by Gasteiger charge is 2.20. The number of likely N-dealkylation sites (N-methyl/N-ethyl adjacent to an activating group) is 2. The van der Waals surface area contributed by atoms with E-state index in [9.17, 15) is 10.1 Å². The molecule has 0 spiro atoms. The molecule has 3 aromatic rings. The summed E-state index contributed by atoms with van der Waals surface area (Å²) in [4.78, 5) is 17.8. The van der Waals surface area contributed by atoms with Gasteiger partial charge in [0.05, 0.1) is 29.1 Å². The molecule has 5 N–H and O–H groups in total. The quantitative estimate of drug-likeness (QED) is 0.287. The summed E-state index contributed by atoms with van der Waals surface area (Å²) in [7, 11) is 4.03. The molecule has 0 unspecified atom stereocenters. The Bertz CT molecular complexity index is 1440. The third kappa shape index (κ3) is 8.19. The minimum Gasteiger partial charge on any atom is -0.397 e. The van der Waals surface area contributed by atoms with E-state index >= 15 is 0 Å². The Morgan fingerprint density at radius 2 is 1.83 bits per heavy atom. The zero-order valence-corrected chi connectivity index (χ0v) is 26.0. The lowest BCUT2D eigenvalue weighted by Crippen LogP contribution is -2.44. The molecule has 1 amide bonds. The predicted molar refractivity (Wildman–Crippen MR) is 171 cm³/mol. The molecule has 224 valence electrons. The summed E-state index contributed by atoms with van der Waals surface area (Å²) < 4.78 is 1.74. The number of anilines is 2. The molecule has 2 aromatic carbocycles. The van der Waals surface area contributed by atoms with E-state index in [1.807, 2.05) is 59.0 Å². The number of aromatic nitrogens is 2. The van der Waals surface area contributed by atoms with E-state index in [-0.39, 0.29) is 5.91 Å². The Kier molecular flexibility index (Phi) is 10.9. The average molecular weight is 572 g/mol. The van der Waals surface area contributed by atoms with Gasteiger partial charge in [0.25, 0.3) is 5.91 Å². The standard InChI is InChI=1S/C25H29N7O.C7H16N2/c1-16-9-10-18(24(33)30-20-8-6-7-19(12-20)25(3,4)15-26)11-23(16)32(28)14-22(27)21-13-29-31(5)17(21)2;1-3-9-6-4-8(2)5-7-9/h6-14H,27-28H2,1-5H3,(H,30,33);3-7H2,1-2H3/b22-14-;. The van der Waals surface area contributed by atoms with Gasteiger partial charge in [-0.15, -0.1) is 0 Å². The molecule has 42 heavy (non-hydrogen) atoms. The molecule has 0 saturated carbocycles. The number of carbonyl (C=O) groups excluding carboxylic acids is 1. The van der Waals surface area contributed by atoms with Crippen molar-refractivity contribution < 1.29 is 4.79 Å². The lowest BCUT2D eigenvalue weighted by atomic mass is 9.86. The first-order valence-corrected chi connectivity index (χ1v) is 14.2. The van der Waals surface area contributed by atoms with E-state index in [4.69, 9.17) is 11.6 Å². The van der Waals surface area contributed by atoms with Crippen molar-refractivity contribution in [2.75, 3.05) is 50.1 Å². The van der Waals surface area contributed by atoms with Crippen molar-refractivity contribution in [3.05, 3.63) is 82.8 Å². The summed E-state index contributed by atoms with van der Waals surface area (Å²) in [6, 6.07) is 14.9. The van der Waals surface area contributed by atoms with Crippen LogP contribution in [0.4, 0.5) is 11.4 Å². The number of amides is 1. The van der Waals surface area contributed by atoms with Gasteiger partial charge >= 0.3 is 0 Å². The number of nitriles is 1. The van der Waals surface area contributed by atoms with Crippen LogP contribution in [0.2, 0.25) is 0 Å². The van der Waals surface area contributed by atoms with Gasteiger partial charge < -0.3 is 20.9 Å². The molecular weight excluding hydrogens is 526 g/mol. The Labute approximate surface area is 250 Å². The maximum atomic E-state index is 12.9. The maximum absolute atomic E-state index is 12.9. The van der Waals surface area contributed by atoms with Crippen LogP contribution < -0.4 is 21.9 Å². The summed E-state index contributed by atoms with van der Waals surface area (Å²) in [5.41, 5.74) is 11.2. The van der Waals surface area contributed by atoms with Gasteiger partial charge in [-0.25, -0.2) is 5.84 Å². The van der Waals surface area contributed by atoms with Gasteiger partial charge in [0.1, 0.15) is 0 Å². The number of hydrogen-bond donors (Lipinski definition) is 3. The van der Waals surface area contributed by atoms with Crippen molar-refractivity contribution in [3.63, 3.8) is 0 Å². The Morgan fingerprint density at radius 3 is 2.43 bits per heavy atom. The predicted octanol–water partition coefficient (Wildman–Crippen LogP) is 3.98. The highest BCUT2D eigenvalue weighted by molar-refractivity contribution is 6.05. The Morgan fingerprint density at radius 1 is 1.14 bits per heavy atom. The van der Waals surface area contributed by atoms with Crippen LogP contribution in [0, 0.1) is 25.2 Å². The lowest BCUT2D eigenvalue weighted by molar-refractivity contribution is 0.102. The van der Waals surface area contributed by atoms with E-state index in [2.05, 4.69) is 40.3 Å². The Balaban J connectivity index is 0.000000458. The molecule has 1 aliphatic heterocycles. The molecule has 2 heterocycles. The lowest BCUT2D eigenvalue weighted by Gasteiger charge is -2.31. The Hall–Kier alpha value is -4.17. The van der Waals surface area contributed by atoms with Crippen molar-refractivity contribution in [1.29, 1.82) is 5.26 Å². The van der Waals surface area contributed by atoms with Crippen LogP contribution in [-0.4, -0.2) is 65.3 Å². The molecule has 0 atom stereocenters. The van der Waals surface area contributed by atoms with Crippen molar-refractivity contribution in [2.45, 2.75) is 40.0 Å². The van der Waals surface area contributed by atoms with E-state index in [0.29, 0.717) is 22.6 Å². The van der Waals surface area contributed by atoms with Gasteiger partial charge in [-0.2, -0.15) is 10.4 Å². The molecule has 1 saturated heterocycles. The van der Waals surface area contributed by atoms with Gasteiger partial charge in [0.15, 0.2) is 0 Å². The topological polar surface area (TPSA) is 132 Å². The van der Waals surface area contributed by atoms with Crippen LogP contribution in [0.15, 0.2) is 54.9 Å². The van der Waals surface area contributed by atoms with Crippen LogP contribution in [-0.2, 0) is 12.5 Å². The molecule has 1 aromatic heterocycles.